The number of nitrogens with one attached hydrogen (secondary N) is 2. The average Bonchev–Trinajstić information content (AvgIpc) is 2.72. The Balaban J connectivity index is 1.90. The van der Waals surface area contributed by atoms with Crippen LogP contribution >= 0.6 is 11.6 Å². The van der Waals surface area contributed by atoms with E-state index in [2.05, 4.69) is 10.9 Å². The fourth-order valence-corrected chi connectivity index (χ4v) is 4.32. The second-order valence-electron chi connectivity index (χ2n) is 7.57. The van der Waals surface area contributed by atoms with E-state index in [0.717, 1.165) is 9.87 Å². The van der Waals surface area contributed by atoms with Crippen molar-refractivity contribution in [2.24, 2.45) is 0 Å². The Labute approximate surface area is 193 Å². The molecule has 8 nitrogen and oxygen atoms in total. The lowest BCUT2D eigenvalue weighted by atomic mass is 10.1. The number of aryl methyl sites for hydroxylation is 2. The van der Waals surface area contributed by atoms with Crippen LogP contribution in [0.25, 0.3) is 0 Å². The van der Waals surface area contributed by atoms with Crippen LogP contribution in [0, 0.1) is 20.8 Å². The number of sulfonamides is 1. The van der Waals surface area contributed by atoms with Crippen molar-refractivity contribution in [2.75, 3.05) is 20.7 Å². The molecule has 0 atom stereocenters. The number of carbonyl (C=O) groups is 2. The van der Waals surface area contributed by atoms with E-state index >= 15 is 0 Å². The van der Waals surface area contributed by atoms with E-state index in [9.17, 15) is 18.0 Å². The molecule has 0 aliphatic carbocycles. The number of halogens is 1. The molecule has 0 radical (unpaired) electrons. The number of ether oxygens (including phenoxy) is 1. The van der Waals surface area contributed by atoms with E-state index in [-0.39, 0.29) is 22.8 Å². The number of amides is 2. The van der Waals surface area contributed by atoms with E-state index in [1.807, 2.05) is 6.92 Å². The predicted octanol–water partition coefficient (Wildman–Crippen LogP) is 3.14. The number of hydrazine groups is 1. The summed E-state index contributed by atoms with van der Waals surface area (Å²) in [6.07, 6.45) is 0.582. The zero-order valence-electron chi connectivity index (χ0n) is 18.8. The van der Waals surface area contributed by atoms with Gasteiger partial charge in [-0.05, 0) is 74.2 Å². The Morgan fingerprint density at radius 2 is 1.72 bits per heavy atom. The summed E-state index contributed by atoms with van der Waals surface area (Å²) >= 11 is 5.91. The van der Waals surface area contributed by atoms with Crippen LogP contribution in [-0.4, -0.2) is 45.2 Å². The highest BCUT2D eigenvalue weighted by Gasteiger charge is 2.23. The minimum Gasteiger partial charge on any atom is -0.493 e. The molecule has 2 rings (SSSR count). The predicted molar refractivity (Wildman–Crippen MR) is 123 cm³/mol. The fourth-order valence-electron chi connectivity index (χ4n) is 2.87. The molecule has 0 saturated heterocycles. The minimum atomic E-state index is -3.72. The largest absolute Gasteiger partial charge is 0.493 e. The molecule has 0 aromatic heterocycles. The molecule has 0 aliphatic rings. The van der Waals surface area contributed by atoms with Gasteiger partial charge in [0, 0.05) is 31.1 Å². The first-order chi connectivity index (χ1) is 14.9. The number of carbonyl (C=O) groups excluding carboxylic acids is 2. The van der Waals surface area contributed by atoms with Crippen LogP contribution in [0.2, 0.25) is 5.02 Å². The lowest BCUT2D eigenvalue weighted by Crippen LogP contribution is -2.41. The Kier molecular flexibility index (Phi) is 8.65. The Hall–Kier alpha value is -2.62. The molecule has 0 spiro atoms. The number of benzene rings is 2. The van der Waals surface area contributed by atoms with Gasteiger partial charge in [-0.25, -0.2) is 12.7 Å². The summed E-state index contributed by atoms with van der Waals surface area (Å²) in [5.41, 5.74) is 6.92. The van der Waals surface area contributed by atoms with Crippen molar-refractivity contribution >= 4 is 33.4 Å². The van der Waals surface area contributed by atoms with Crippen LogP contribution in [0.3, 0.4) is 0 Å². The first-order valence-electron chi connectivity index (χ1n) is 9.95. The molecule has 2 amide bonds. The summed E-state index contributed by atoms with van der Waals surface area (Å²) < 4.78 is 31.8. The van der Waals surface area contributed by atoms with Gasteiger partial charge in [0.05, 0.1) is 11.5 Å². The Morgan fingerprint density at radius 3 is 2.34 bits per heavy atom. The summed E-state index contributed by atoms with van der Waals surface area (Å²) in [7, 11) is -0.865. The summed E-state index contributed by atoms with van der Waals surface area (Å²) in [5, 5.41) is 0.625. The van der Waals surface area contributed by atoms with Gasteiger partial charge in [0.25, 0.3) is 5.91 Å². The van der Waals surface area contributed by atoms with Gasteiger partial charge < -0.3 is 4.74 Å². The number of hydrogen-bond donors (Lipinski definition) is 2. The van der Waals surface area contributed by atoms with Gasteiger partial charge in [0.1, 0.15) is 5.75 Å². The van der Waals surface area contributed by atoms with Gasteiger partial charge >= 0.3 is 0 Å². The van der Waals surface area contributed by atoms with Crippen molar-refractivity contribution in [3.8, 4) is 5.75 Å². The first-order valence-corrected chi connectivity index (χ1v) is 11.8. The van der Waals surface area contributed by atoms with E-state index in [4.69, 9.17) is 16.3 Å². The van der Waals surface area contributed by atoms with Gasteiger partial charge in [-0.15, -0.1) is 0 Å². The van der Waals surface area contributed by atoms with Gasteiger partial charge in [0.2, 0.25) is 15.9 Å². The summed E-state index contributed by atoms with van der Waals surface area (Å²) in [4.78, 5) is 24.6. The molecule has 174 valence electrons. The highest BCUT2D eigenvalue weighted by molar-refractivity contribution is 7.89. The zero-order chi connectivity index (χ0) is 24.1. The second kappa shape index (κ2) is 10.8. The van der Waals surface area contributed by atoms with Crippen LogP contribution in [0.5, 0.6) is 5.75 Å². The van der Waals surface area contributed by atoms with Crippen LogP contribution < -0.4 is 15.6 Å². The maximum absolute atomic E-state index is 12.5. The van der Waals surface area contributed by atoms with E-state index in [1.54, 1.807) is 38.1 Å². The van der Waals surface area contributed by atoms with Crippen molar-refractivity contribution in [2.45, 2.75) is 38.5 Å². The zero-order valence-corrected chi connectivity index (χ0v) is 20.4. The SMILES string of the molecule is Cc1cc(Cl)ccc1OCCCC(=O)NNC(=O)c1cc(C)c(C)c(S(=O)(=O)N(C)C)c1. The van der Waals surface area contributed by atoms with Crippen molar-refractivity contribution in [1.82, 2.24) is 15.2 Å². The summed E-state index contributed by atoms with van der Waals surface area (Å²) in [5.74, 6) is -0.300. The average molecular weight is 482 g/mol. The number of hydrogen-bond acceptors (Lipinski definition) is 5. The number of nitrogens with zero attached hydrogens (tertiary/aromatic N) is 1. The van der Waals surface area contributed by atoms with Crippen LogP contribution in [0.15, 0.2) is 35.2 Å². The van der Waals surface area contributed by atoms with E-state index in [0.29, 0.717) is 34.9 Å². The Morgan fingerprint density at radius 1 is 1.03 bits per heavy atom. The van der Waals surface area contributed by atoms with Crippen LogP contribution in [0.4, 0.5) is 0 Å². The lowest BCUT2D eigenvalue weighted by molar-refractivity contribution is -0.122. The summed E-state index contributed by atoms with van der Waals surface area (Å²) in [6.45, 7) is 5.61. The quantitative estimate of drug-likeness (QED) is 0.445. The van der Waals surface area contributed by atoms with Crippen molar-refractivity contribution in [3.63, 3.8) is 0 Å². The maximum atomic E-state index is 12.5. The van der Waals surface area contributed by atoms with Crippen molar-refractivity contribution < 1.29 is 22.7 Å². The third-order valence-corrected chi connectivity index (χ3v) is 7.08. The molecule has 10 heteroatoms. The standard InChI is InChI=1S/C22H28ClN3O5S/c1-14-11-17(13-20(16(14)3)32(29,30)26(4)5)22(28)25-24-21(27)7-6-10-31-19-9-8-18(23)12-15(19)2/h8-9,11-13H,6-7,10H2,1-5H3,(H,24,27)(H,25,28). The fraction of sp³-hybridized carbons (Fsp3) is 0.364. The Bertz CT molecular complexity index is 1120. The molecule has 2 aromatic rings. The molecule has 2 aromatic carbocycles. The molecule has 0 fully saturated rings. The molecule has 0 unspecified atom stereocenters. The van der Waals surface area contributed by atoms with E-state index in [1.165, 1.54) is 20.2 Å². The smallest absolute Gasteiger partial charge is 0.269 e. The first kappa shape index (κ1) is 25.6. The van der Waals surface area contributed by atoms with Gasteiger partial charge in [0.15, 0.2) is 0 Å². The van der Waals surface area contributed by atoms with Crippen molar-refractivity contribution in [3.05, 3.63) is 57.6 Å². The maximum Gasteiger partial charge on any atom is 0.269 e. The number of rotatable bonds is 8. The van der Waals surface area contributed by atoms with Crippen LogP contribution in [-0.2, 0) is 14.8 Å². The van der Waals surface area contributed by atoms with Crippen LogP contribution in [0.1, 0.15) is 39.9 Å². The second-order valence-corrected chi connectivity index (χ2v) is 10.1. The third kappa shape index (κ3) is 6.44. The van der Waals surface area contributed by atoms with E-state index < -0.39 is 15.9 Å². The third-order valence-electron chi connectivity index (χ3n) is 4.90. The molecule has 0 saturated carbocycles. The minimum absolute atomic E-state index is 0.0496. The van der Waals surface area contributed by atoms with Gasteiger partial charge in [-0.2, -0.15) is 0 Å². The molecule has 0 heterocycles. The lowest BCUT2D eigenvalue weighted by Gasteiger charge is -2.16. The molecule has 0 aliphatic heterocycles. The molecular formula is C22H28ClN3O5S. The highest BCUT2D eigenvalue weighted by Crippen LogP contribution is 2.23. The molecular weight excluding hydrogens is 454 g/mol. The van der Waals surface area contributed by atoms with Gasteiger partial charge in [-0.1, -0.05) is 11.6 Å². The monoisotopic (exact) mass is 481 g/mol. The van der Waals surface area contributed by atoms with Gasteiger partial charge in [-0.3, -0.25) is 20.4 Å². The normalized spacial score (nSPS) is 11.3. The molecule has 32 heavy (non-hydrogen) atoms. The van der Waals surface area contributed by atoms with Crippen molar-refractivity contribution in [1.29, 1.82) is 0 Å². The highest BCUT2D eigenvalue weighted by atomic mass is 35.5. The summed E-state index contributed by atoms with van der Waals surface area (Å²) in [6, 6.07) is 8.18. The molecule has 2 N–H and O–H groups in total. The topological polar surface area (TPSA) is 105 Å². The molecule has 0 bridgehead atoms.